The fourth-order valence-electron chi connectivity index (χ4n) is 2.97. The molecule has 1 N–H and O–H groups in total. The maximum Gasteiger partial charge on any atom is 0.448 e. The van der Waals surface area contributed by atoms with Gasteiger partial charge in [-0.25, -0.2) is 0 Å². The number of rotatable bonds is 20. The molecule has 8 heteroatoms. The van der Waals surface area contributed by atoms with Gasteiger partial charge in [0.2, 0.25) is 0 Å². The van der Waals surface area contributed by atoms with E-state index in [0.29, 0.717) is 0 Å². The van der Waals surface area contributed by atoms with Gasteiger partial charge < -0.3 is 8.92 Å². The van der Waals surface area contributed by atoms with E-state index >= 15 is 0 Å². The molecule has 30 heavy (non-hydrogen) atoms. The molecule has 0 heterocycles. The highest BCUT2D eigenvalue weighted by molar-refractivity contribution is 7.81. The van der Waals surface area contributed by atoms with Gasteiger partial charge >= 0.3 is 22.3 Å². The van der Waals surface area contributed by atoms with Gasteiger partial charge in [0.25, 0.3) is 0 Å². The van der Waals surface area contributed by atoms with Crippen LogP contribution >= 0.6 is 0 Å². The minimum Gasteiger partial charge on any atom is -0.466 e. The number of esters is 1. The molecule has 0 aromatic heterocycles. The van der Waals surface area contributed by atoms with Crippen LogP contribution in [0.5, 0.6) is 0 Å². The van der Waals surface area contributed by atoms with E-state index in [4.69, 9.17) is 9.29 Å². The molecular formula is C22H40O7S. The molecule has 0 spiro atoms. The van der Waals surface area contributed by atoms with E-state index in [9.17, 15) is 18.0 Å². The van der Waals surface area contributed by atoms with Gasteiger partial charge in [0.15, 0.2) is 0 Å². The first kappa shape index (κ1) is 28.6. The van der Waals surface area contributed by atoms with Crippen molar-refractivity contribution in [2.45, 2.75) is 110 Å². The van der Waals surface area contributed by atoms with Gasteiger partial charge in [0.05, 0.1) is 19.4 Å². The lowest BCUT2D eigenvalue weighted by Gasteiger charge is -2.04. The first-order valence-corrected chi connectivity index (χ1v) is 12.7. The maximum atomic E-state index is 11.4. The average Bonchev–Trinajstić information content (AvgIpc) is 2.67. The molecule has 0 atom stereocenters. The Labute approximate surface area is 182 Å². The molecule has 0 saturated carbocycles. The van der Waals surface area contributed by atoms with Gasteiger partial charge in [0.1, 0.15) is 0 Å². The topological polar surface area (TPSA) is 107 Å². The maximum absolute atomic E-state index is 11.4. The highest BCUT2D eigenvalue weighted by Crippen LogP contribution is 2.10. The normalized spacial score (nSPS) is 11.7. The van der Waals surface area contributed by atoms with E-state index in [1.165, 1.54) is 64.2 Å². The van der Waals surface area contributed by atoms with Gasteiger partial charge in [-0.2, -0.15) is 8.42 Å². The summed E-state index contributed by atoms with van der Waals surface area (Å²) in [4.78, 5) is 22.4. The van der Waals surface area contributed by atoms with Crippen molar-refractivity contribution in [3.8, 4) is 0 Å². The Hall–Kier alpha value is -1.41. The molecule has 0 aliphatic heterocycles. The Bertz CT molecular complexity index is 570. The predicted octanol–water partition coefficient (Wildman–Crippen LogP) is 5.69. The minimum absolute atomic E-state index is 0.277. The molecule has 0 fully saturated rings. The summed E-state index contributed by atoms with van der Waals surface area (Å²) >= 11 is 0. The van der Waals surface area contributed by atoms with Crippen LogP contribution in [-0.2, 0) is 28.9 Å². The van der Waals surface area contributed by atoms with Crippen LogP contribution in [0, 0.1) is 0 Å². The molecule has 0 saturated heterocycles. The first-order valence-electron chi connectivity index (χ1n) is 11.4. The van der Waals surface area contributed by atoms with E-state index in [0.717, 1.165) is 25.7 Å². The minimum atomic E-state index is -4.82. The molecule has 176 valence electrons. The molecule has 0 aromatic carbocycles. The Morgan fingerprint density at radius 1 is 0.733 bits per heavy atom. The second kappa shape index (κ2) is 19.5. The second-order valence-electron chi connectivity index (χ2n) is 7.54. The number of carbonyl (C=O) groups excluding carboxylic acids is 2. The summed E-state index contributed by atoms with van der Waals surface area (Å²) < 4.78 is 37.7. The van der Waals surface area contributed by atoms with Gasteiger partial charge in [-0.05, 0) is 32.1 Å². The third-order valence-corrected chi connectivity index (χ3v) is 5.05. The number of unbranched alkanes of at least 4 members (excludes halogenated alkanes) is 12. The molecule has 0 rings (SSSR count). The first-order chi connectivity index (χ1) is 14.3. The van der Waals surface area contributed by atoms with Crippen molar-refractivity contribution in [1.29, 1.82) is 0 Å². The summed E-state index contributed by atoms with van der Waals surface area (Å²) in [7, 11) is -4.82. The van der Waals surface area contributed by atoms with Crippen molar-refractivity contribution in [1.82, 2.24) is 0 Å². The smallest absolute Gasteiger partial charge is 0.448 e. The van der Waals surface area contributed by atoms with Crippen LogP contribution in [0.15, 0.2) is 12.2 Å². The Morgan fingerprint density at radius 2 is 1.20 bits per heavy atom. The van der Waals surface area contributed by atoms with Crippen molar-refractivity contribution in [2.75, 3.05) is 6.61 Å². The highest BCUT2D eigenvalue weighted by atomic mass is 32.3. The molecule has 0 radical (unpaired) electrons. The zero-order valence-corrected chi connectivity index (χ0v) is 19.3. The fourth-order valence-corrected chi connectivity index (χ4v) is 3.29. The van der Waals surface area contributed by atoms with Gasteiger partial charge in [-0.1, -0.05) is 76.9 Å². The average molecular weight is 449 g/mol. The van der Waals surface area contributed by atoms with Gasteiger partial charge in [-0.15, -0.1) is 0 Å². The lowest BCUT2D eigenvalue weighted by molar-refractivity contribution is -0.147. The van der Waals surface area contributed by atoms with Crippen LogP contribution in [-0.4, -0.2) is 31.5 Å². The van der Waals surface area contributed by atoms with Crippen LogP contribution in [0.25, 0.3) is 0 Å². The van der Waals surface area contributed by atoms with E-state index in [2.05, 4.69) is 23.3 Å². The van der Waals surface area contributed by atoms with Crippen LogP contribution < -0.4 is 0 Å². The lowest BCUT2D eigenvalue weighted by atomic mass is 10.1. The van der Waals surface area contributed by atoms with E-state index in [1.54, 1.807) is 0 Å². The van der Waals surface area contributed by atoms with Gasteiger partial charge in [0, 0.05) is 0 Å². The molecule has 0 amide bonds. The van der Waals surface area contributed by atoms with Crippen molar-refractivity contribution < 1.29 is 31.5 Å². The molecule has 0 aliphatic carbocycles. The molecule has 0 aromatic rings. The zero-order chi connectivity index (χ0) is 22.5. The van der Waals surface area contributed by atoms with Crippen LogP contribution in [0.3, 0.4) is 0 Å². The summed E-state index contributed by atoms with van der Waals surface area (Å²) in [6.45, 7) is 2.53. The third-order valence-electron chi connectivity index (χ3n) is 4.65. The predicted molar refractivity (Wildman–Crippen MR) is 117 cm³/mol. The second-order valence-corrected chi connectivity index (χ2v) is 8.56. The van der Waals surface area contributed by atoms with Crippen molar-refractivity contribution in [3.05, 3.63) is 12.2 Å². The third kappa shape index (κ3) is 22.9. The number of carbonyl (C=O) groups is 2. The van der Waals surface area contributed by atoms with Crippen molar-refractivity contribution in [2.24, 2.45) is 0 Å². The van der Waals surface area contributed by atoms with Crippen LogP contribution in [0.1, 0.15) is 110 Å². The van der Waals surface area contributed by atoms with Crippen molar-refractivity contribution >= 4 is 22.3 Å². The zero-order valence-electron chi connectivity index (χ0n) is 18.5. The summed E-state index contributed by atoms with van der Waals surface area (Å²) in [5.41, 5.74) is 0. The highest BCUT2D eigenvalue weighted by Gasteiger charge is 2.15. The molecule has 7 nitrogen and oxygen atoms in total. The molecular weight excluding hydrogens is 408 g/mol. The lowest BCUT2D eigenvalue weighted by Crippen LogP contribution is -2.14. The Balaban J connectivity index is 3.35. The van der Waals surface area contributed by atoms with E-state index in [-0.39, 0.29) is 13.0 Å². The standard InChI is InChI=1S/C22H40O7S/c1-2-3-4-5-6-7-8-9-10-11-12-13-14-15-16-17-20-28-21(23)18-19-22(24)29-30(25,26)27/h9-10H,2-8,11-20H2,1H3,(H,25,26,27). The monoisotopic (exact) mass is 448 g/mol. The van der Waals surface area contributed by atoms with Crippen LogP contribution in [0.4, 0.5) is 0 Å². The Morgan fingerprint density at radius 3 is 1.73 bits per heavy atom. The summed E-state index contributed by atoms with van der Waals surface area (Å²) in [5.74, 6) is -1.78. The number of allylic oxidation sites excluding steroid dienone is 2. The quantitative estimate of drug-likeness (QED) is 0.110. The molecule has 0 bridgehead atoms. The largest absolute Gasteiger partial charge is 0.466 e. The summed E-state index contributed by atoms with van der Waals surface area (Å²) in [6, 6.07) is 0. The molecule has 0 unspecified atom stereocenters. The molecule has 0 aliphatic rings. The van der Waals surface area contributed by atoms with E-state index < -0.39 is 28.8 Å². The van der Waals surface area contributed by atoms with Gasteiger partial charge in [-0.3, -0.25) is 14.1 Å². The number of ether oxygens (including phenoxy) is 1. The van der Waals surface area contributed by atoms with E-state index in [1.807, 2.05) is 0 Å². The van der Waals surface area contributed by atoms with Crippen molar-refractivity contribution in [3.63, 3.8) is 0 Å². The number of hydrogen-bond donors (Lipinski definition) is 1. The summed E-state index contributed by atoms with van der Waals surface area (Å²) in [6.07, 6.45) is 20.7. The SMILES string of the molecule is CCCCCCCCC=CCCCCCCCCOC(=O)CCC(=O)OS(=O)(=O)O. The number of hydrogen-bond acceptors (Lipinski definition) is 6. The fraction of sp³-hybridized carbons (Fsp3) is 0.818. The Kier molecular flexibility index (Phi) is 18.6. The summed E-state index contributed by atoms with van der Waals surface area (Å²) in [5, 5.41) is 0. The van der Waals surface area contributed by atoms with Crippen LogP contribution in [0.2, 0.25) is 0 Å².